The highest BCUT2D eigenvalue weighted by Crippen LogP contribution is 2.12. The van der Waals surface area contributed by atoms with Crippen LogP contribution >= 0.6 is 0 Å². The van der Waals surface area contributed by atoms with Crippen molar-refractivity contribution in [1.29, 1.82) is 0 Å². The summed E-state index contributed by atoms with van der Waals surface area (Å²) in [6.07, 6.45) is -0.549. The van der Waals surface area contributed by atoms with Crippen molar-refractivity contribution in [3.63, 3.8) is 0 Å². The van der Waals surface area contributed by atoms with E-state index in [0.29, 0.717) is 5.56 Å². The van der Waals surface area contributed by atoms with Crippen molar-refractivity contribution in [1.82, 2.24) is 5.32 Å². The van der Waals surface area contributed by atoms with Gasteiger partial charge in [0.25, 0.3) is 5.91 Å². The summed E-state index contributed by atoms with van der Waals surface area (Å²) in [7, 11) is -1.05. The van der Waals surface area contributed by atoms with Crippen LogP contribution in [0.1, 0.15) is 38.1 Å². The van der Waals surface area contributed by atoms with Gasteiger partial charge in [-0.15, -0.1) is 0 Å². The summed E-state index contributed by atoms with van der Waals surface area (Å²) in [6, 6.07) is 6.74. The molecule has 0 aliphatic rings. The molecule has 0 aromatic heterocycles. The minimum absolute atomic E-state index is 0.0517. The molecular weight excluding hydrogens is 274 g/mol. The third-order valence-corrected chi connectivity index (χ3v) is 4.61. The second-order valence-corrected chi connectivity index (χ2v) is 7.40. The van der Waals surface area contributed by atoms with Gasteiger partial charge in [0.1, 0.15) is 0 Å². The molecule has 5 heteroatoms. The van der Waals surface area contributed by atoms with E-state index in [1.807, 2.05) is 27.7 Å². The van der Waals surface area contributed by atoms with Crippen molar-refractivity contribution in [3.8, 4) is 0 Å². The average molecular weight is 297 g/mol. The molecule has 0 aliphatic carbocycles. The minimum Gasteiger partial charge on any atom is -0.391 e. The van der Waals surface area contributed by atoms with E-state index >= 15 is 0 Å². The van der Waals surface area contributed by atoms with Crippen LogP contribution in [0.25, 0.3) is 0 Å². The van der Waals surface area contributed by atoms with Gasteiger partial charge in [0.15, 0.2) is 0 Å². The third kappa shape index (κ3) is 4.72. The number of benzene rings is 1. The molecule has 0 bridgehead atoms. The Morgan fingerprint density at radius 2 is 1.75 bits per heavy atom. The fourth-order valence-electron chi connectivity index (χ4n) is 1.55. The van der Waals surface area contributed by atoms with Gasteiger partial charge in [0, 0.05) is 22.3 Å². The molecular formula is C15H23NO3S. The molecule has 0 saturated heterocycles. The van der Waals surface area contributed by atoms with Crippen LogP contribution in [0.2, 0.25) is 0 Å². The van der Waals surface area contributed by atoms with E-state index in [0.717, 1.165) is 4.90 Å². The number of hydrogen-bond acceptors (Lipinski definition) is 3. The predicted molar refractivity (Wildman–Crippen MR) is 81.2 cm³/mol. The summed E-state index contributed by atoms with van der Waals surface area (Å²) in [5.41, 5.74) is 0.505. The van der Waals surface area contributed by atoms with E-state index in [1.54, 1.807) is 24.3 Å². The molecule has 2 N–H and O–H groups in total. The van der Waals surface area contributed by atoms with Crippen molar-refractivity contribution in [2.75, 3.05) is 6.54 Å². The standard InChI is InChI=1S/C15H23NO3S/c1-10(2)14(17)9-16-15(18)12-5-7-13(8-6-12)20(19)11(3)4/h5-8,10-11,14,17H,9H2,1-4H3,(H,16,18). The molecule has 1 amide bonds. The fraction of sp³-hybridized carbons (Fsp3) is 0.533. The van der Waals surface area contributed by atoms with Crippen molar-refractivity contribution < 1.29 is 14.1 Å². The number of aliphatic hydroxyl groups is 1. The Hall–Kier alpha value is -1.20. The number of rotatable bonds is 6. The lowest BCUT2D eigenvalue weighted by molar-refractivity contribution is 0.0871. The second-order valence-electron chi connectivity index (χ2n) is 5.39. The minimum atomic E-state index is -1.05. The van der Waals surface area contributed by atoms with Crippen molar-refractivity contribution >= 4 is 16.7 Å². The molecule has 2 unspecified atom stereocenters. The number of amides is 1. The smallest absolute Gasteiger partial charge is 0.251 e. The molecule has 112 valence electrons. The number of nitrogens with one attached hydrogen (secondary N) is 1. The lowest BCUT2D eigenvalue weighted by Gasteiger charge is -2.15. The predicted octanol–water partition coefficient (Wildman–Crippen LogP) is 1.95. The summed E-state index contributed by atoms with van der Waals surface area (Å²) >= 11 is 0. The van der Waals surface area contributed by atoms with Gasteiger partial charge in [-0.3, -0.25) is 9.00 Å². The maximum atomic E-state index is 11.9. The van der Waals surface area contributed by atoms with Crippen LogP contribution in [0.3, 0.4) is 0 Å². The first-order chi connectivity index (χ1) is 9.32. The van der Waals surface area contributed by atoms with Crippen LogP contribution in [0.5, 0.6) is 0 Å². The summed E-state index contributed by atoms with van der Waals surface area (Å²) in [6.45, 7) is 7.81. The molecule has 1 rings (SSSR count). The topological polar surface area (TPSA) is 66.4 Å². The monoisotopic (exact) mass is 297 g/mol. The zero-order valence-corrected chi connectivity index (χ0v) is 13.2. The molecule has 0 radical (unpaired) electrons. The van der Waals surface area contributed by atoms with Gasteiger partial charge in [-0.2, -0.15) is 0 Å². The fourth-order valence-corrected chi connectivity index (χ4v) is 2.50. The van der Waals surface area contributed by atoms with Gasteiger partial charge in [0.2, 0.25) is 0 Å². The Morgan fingerprint density at radius 1 is 1.20 bits per heavy atom. The van der Waals surface area contributed by atoms with Crippen LogP contribution in [-0.2, 0) is 10.8 Å². The van der Waals surface area contributed by atoms with Crippen molar-refractivity contribution in [3.05, 3.63) is 29.8 Å². The Morgan fingerprint density at radius 3 is 2.20 bits per heavy atom. The highest BCUT2D eigenvalue weighted by molar-refractivity contribution is 7.85. The third-order valence-electron chi connectivity index (χ3n) is 3.02. The molecule has 0 heterocycles. The van der Waals surface area contributed by atoms with Crippen molar-refractivity contribution in [2.45, 2.75) is 43.9 Å². The largest absolute Gasteiger partial charge is 0.391 e. The molecule has 1 aromatic rings. The Bertz CT molecular complexity index is 469. The molecule has 20 heavy (non-hydrogen) atoms. The van der Waals surface area contributed by atoms with Crippen LogP contribution in [0.4, 0.5) is 0 Å². The maximum Gasteiger partial charge on any atom is 0.251 e. The first-order valence-electron chi connectivity index (χ1n) is 6.79. The first kappa shape index (κ1) is 16.9. The van der Waals surface area contributed by atoms with Crippen molar-refractivity contribution in [2.24, 2.45) is 5.92 Å². The lowest BCUT2D eigenvalue weighted by Crippen LogP contribution is -2.34. The summed E-state index contributed by atoms with van der Waals surface area (Å²) < 4.78 is 11.9. The van der Waals surface area contributed by atoms with Crippen LogP contribution < -0.4 is 5.32 Å². The van der Waals surface area contributed by atoms with Crippen LogP contribution in [0.15, 0.2) is 29.2 Å². The molecule has 0 saturated carbocycles. The zero-order chi connectivity index (χ0) is 15.3. The summed E-state index contributed by atoms with van der Waals surface area (Å²) in [5.74, 6) is -0.127. The van der Waals surface area contributed by atoms with Gasteiger partial charge < -0.3 is 10.4 Å². The summed E-state index contributed by atoms with van der Waals surface area (Å²) in [5, 5.41) is 12.4. The molecule has 0 spiro atoms. The zero-order valence-electron chi connectivity index (χ0n) is 12.4. The van der Waals surface area contributed by atoms with E-state index in [2.05, 4.69) is 5.32 Å². The highest BCUT2D eigenvalue weighted by Gasteiger charge is 2.13. The molecule has 0 fully saturated rings. The van der Waals surface area contributed by atoms with Gasteiger partial charge >= 0.3 is 0 Å². The normalized spacial score (nSPS) is 14.3. The van der Waals surface area contributed by atoms with E-state index in [9.17, 15) is 14.1 Å². The van der Waals surface area contributed by atoms with Gasteiger partial charge in [-0.1, -0.05) is 27.7 Å². The second kappa shape index (κ2) is 7.55. The average Bonchev–Trinajstić information content (AvgIpc) is 2.43. The number of carbonyl (C=O) groups excluding carboxylic acids is 1. The van der Waals surface area contributed by atoms with Gasteiger partial charge in [-0.25, -0.2) is 0 Å². The molecule has 2 atom stereocenters. The quantitative estimate of drug-likeness (QED) is 0.843. The van der Waals surface area contributed by atoms with Gasteiger partial charge in [-0.05, 0) is 30.2 Å². The van der Waals surface area contributed by atoms with E-state index < -0.39 is 16.9 Å². The molecule has 4 nitrogen and oxygen atoms in total. The lowest BCUT2D eigenvalue weighted by atomic mass is 10.1. The summed E-state index contributed by atoms with van der Waals surface area (Å²) in [4.78, 5) is 12.6. The Balaban J connectivity index is 2.64. The van der Waals surface area contributed by atoms with E-state index in [-0.39, 0.29) is 23.6 Å². The van der Waals surface area contributed by atoms with Crippen LogP contribution in [-0.4, -0.2) is 33.1 Å². The van der Waals surface area contributed by atoms with Gasteiger partial charge in [0.05, 0.1) is 16.9 Å². The highest BCUT2D eigenvalue weighted by atomic mass is 32.2. The first-order valence-corrected chi connectivity index (χ1v) is 8.01. The Kier molecular flexibility index (Phi) is 6.36. The maximum absolute atomic E-state index is 11.9. The number of aliphatic hydroxyl groups excluding tert-OH is 1. The molecule has 1 aromatic carbocycles. The van der Waals surface area contributed by atoms with E-state index in [1.165, 1.54) is 0 Å². The Labute approximate surface area is 123 Å². The SMILES string of the molecule is CC(C)C(O)CNC(=O)c1ccc(S(=O)C(C)C)cc1. The van der Waals surface area contributed by atoms with E-state index in [4.69, 9.17) is 0 Å². The van der Waals surface area contributed by atoms with Crippen LogP contribution in [0, 0.1) is 5.92 Å². The molecule has 0 aliphatic heterocycles. The number of hydrogen-bond donors (Lipinski definition) is 2. The number of carbonyl (C=O) groups is 1.